The van der Waals surface area contributed by atoms with Crippen LogP contribution in [0, 0.1) is 0 Å². The molecule has 0 spiro atoms. The first-order valence-electron chi connectivity index (χ1n) is 8.63. The molecule has 3 aromatic rings. The maximum atomic E-state index is 12.0. The van der Waals surface area contributed by atoms with Crippen molar-refractivity contribution in [3.63, 3.8) is 0 Å². The first-order chi connectivity index (χ1) is 14.6. The molecule has 30 heavy (non-hydrogen) atoms. The molecule has 152 valence electrons. The van der Waals surface area contributed by atoms with Crippen molar-refractivity contribution < 1.29 is 14.3 Å². The van der Waals surface area contributed by atoms with Crippen molar-refractivity contribution in [3.8, 4) is 16.3 Å². The lowest BCUT2D eigenvalue weighted by Crippen LogP contribution is -2.32. The SMILES string of the molecule is C=CCOc1ccc(Br)c(/C=N\NC(=O)C(=O)Nc2nnc(-c3ccccc3)s2)c1. The second-order valence-corrected chi connectivity index (χ2v) is 7.55. The lowest BCUT2D eigenvalue weighted by molar-refractivity contribution is -0.136. The Morgan fingerprint density at radius 2 is 1.97 bits per heavy atom. The van der Waals surface area contributed by atoms with E-state index in [4.69, 9.17) is 4.74 Å². The molecule has 3 rings (SSSR count). The molecular weight excluding hydrogens is 470 g/mol. The van der Waals surface area contributed by atoms with Gasteiger partial charge in [-0.25, -0.2) is 5.43 Å². The van der Waals surface area contributed by atoms with Crippen LogP contribution in [0.15, 0.2) is 70.8 Å². The van der Waals surface area contributed by atoms with Crippen LogP contribution in [-0.2, 0) is 9.59 Å². The minimum Gasteiger partial charge on any atom is -0.490 e. The fraction of sp³-hybridized carbons (Fsp3) is 0.0500. The summed E-state index contributed by atoms with van der Waals surface area (Å²) in [4.78, 5) is 24.0. The first kappa shape index (κ1) is 21.3. The highest BCUT2D eigenvalue weighted by atomic mass is 79.9. The van der Waals surface area contributed by atoms with Gasteiger partial charge in [-0.3, -0.25) is 14.9 Å². The lowest BCUT2D eigenvalue weighted by atomic mass is 10.2. The Balaban J connectivity index is 1.57. The van der Waals surface area contributed by atoms with E-state index < -0.39 is 11.8 Å². The van der Waals surface area contributed by atoms with Crippen LogP contribution >= 0.6 is 27.3 Å². The van der Waals surface area contributed by atoms with Crippen LogP contribution in [0.5, 0.6) is 5.75 Å². The summed E-state index contributed by atoms with van der Waals surface area (Å²) < 4.78 is 6.20. The normalized spacial score (nSPS) is 10.6. The van der Waals surface area contributed by atoms with Gasteiger partial charge in [-0.2, -0.15) is 5.10 Å². The van der Waals surface area contributed by atoms with Crippen LogP contribution in [0.3, 0.4) is 0 Å². The summed E-state index contributed by atoms with van der Waals surface area (Å²) in [7, 11) is 0. The van der Waals surface area contributed by atoms with Gasteiger partial charge in [-0.05, 0) is 18.2 Å². The quantitative estimate of drug-likeness (QED) is 0.230. The Bertz CT molecular complexity index is 1090. The molecule has 0 fully saturated rings. The van der Waals surface area contributed by atoms with Crippen molar-refractivity contribution in [1.29, 1.82) is 0 Å². The number of hydrogen-bond acceptors (Lipinski definition) is 7. The predicted octanol–water partition coefficient (Wildman–Crippen LogP) is 3.62. The number of carbonyl (C=O) groups is 2. The Kier molecular flexibility index (Phi) is 7.41. The third kappa shape index (κ3) is 5.82. The number of hydrogen-bond donors (Lipinski definition) is 2. The number of rotatable bonds is 7. The number of ether oxygens (including phenoxy) is 1. The summed E-state index contributed by atoms with van der Waals surface area (Å²) in [6.07, 6.45) is 3.03. The van der Waals surface area contributed by atoms with E-state index in [0.29, 0.717) is 22.9 Å². The number of aromatic nitrogens is 2. The van der Waals surface area contributed by atoms with Gasteiger partial charge in [-0.15, -0.1) is 10.2 Å². The number of halogens is 1. The predicted molar refractivity (Wildman–Crippen MR) is 120 cm³/mol. The van der Waals surface area contributed by atoms with E-state index >= 15 is 0 Å². The van der Waals surface area contributed by atoms with Gasteiger partial charge >= 0.3 is 11.8 Å². The number of hydrazone groups is 1. The van der Waals surface area contributed by atoms with E-state index in [9.17, 15) is 9.59 Å². The van der Waals surface area contributed by atoms with Crippen LogP contribution in [0.2, 0.25) is 0 Å². The smallest absolute Gasteiger partial charge is 0.329 e. The zero-order valence-electron chi connectivity index (χ0n) is 15.5. The summed E-state index contributed by atoms with van der Waals surface area (Å²) >= 11 is 4.55. The number of nitrogens with zero attached hydrogens (tertiary/aromatic N) is 3. The molecule has 2 aromatic carbocycles. The highest BCUT2D eigenvalue weighted by molar-refractivity contribution is 9.10. The Hall–Kier alpha value is -3.37. The minimum absolute atomic E-state index is 0.216. The fourth-order valence-corrected chi connectivity index (χ4v) is 3.30. The molecule has 10 heteroatoms. The van der Waals surface area contributed by atoms with Crippen molar-refractivity contribution in [1.82, 2.24) is 15.6 Å². The van der Waals surface area contributed by atoms with Gasteiger partial charge in [0, 0.05) is 15.6 Å². The molecule has 0 saturated heterocycles. The molecule has 2 N–H and O–H groups in total. The van der Waals surface area contributed by atoms with Gasteiger partial charge < -0.3 is 4.74 Å². The van der Waals surface area contributed by atoms with Crippen molar-refractivity contribution >= 4 is 50.4 Å². The summed E-state index contributed by atoms with van der Waals surface area (Å²) in [5, 5.41) is 15.0. The minimum atomic E-state index is -0.933. The van der Waals surface area contributed by atoms with Gasteiger partial charge in [-0.1, -0.05) is 70.3 Å². The van der Waals surface area contributed by atoms with E-state index in [1.165, 1.54) is 6.21 Å². The highest BCUT2D eigenvalue weighted by Crippen LogP contribution is 2.25. The summed E-state index contributed by atoms with van der Waals surface area (Å²) in [5.41, 5.74) is 3.71. The topological polar surface area (TPSA) is 106 Å². The maximum Gasteiger partial charge on any atom is 0.329 e. The zero-order valence-corrected chi connectivity index (χ0v) is 17.9. The van der Waals surface area contributed by atoms with Crippen molar-refractivity contribution in [2.24, 2.45) is 5.10 Å². The molecule has 0 atom stereocenters. The molecule has 8 nitrogen and oxygen atoms in total. The summed E-state index contributed by atoms with van der Waals surface area (Å²) in [6, 6.07) is 14.7. The van der Waals surface area contributed by atoms with E-state index in [0.717, 1.165) is 21.4 Å². The Morgan fingerprint density at radius 1 is 1.17 bits per heavy atom. The van der Waals surface area contributed by atoms with Gasteiger partial charge in [0.25, 0.3) is 0 Å². The Morgan fingerprint density at radius 3 is 2.73 bits per heavy atom. The van der Waals surface area contributed by atoms with E-state index in [1.54, 1.807) is 24.3 Å². The third-order valence-electron chi connectivity index (χ3n) is 3.58. The highest BCUT2D eigenvalue weighted by Gasteiger charge is 2.16. The number of benzene rings is 2. The van der Waals surface area contributed by atoms with E-state index in [-0.39, 0.29) is 5.13 Å². The molecular formula is C20H16BrN5O3S. The van der Waals surface area contributed by atoms with Crippen LogP contribution < -0.4 is 15.5 Å². The first-order valence-corrected chi connectivity index (χ1v) is 10.2. The van der Waals surface area contributed by atoms with Gasteiger partial charge in [0.05, 0.1) is 6.21 Å². The van der Waals surface area contributed by atoms with Crippen LogP contribution in [0.25, 0.3) is 10.6 Å². The maximum absolute atomic E-state index is 12.0. The molecule has 1 heterocycles. The zero-order chi connectivity index (χ0) is 21.3. The van der Waals surface area contributed by atoms with Crippen LogP contribution in [0.4, 0.5) is 5.13 Å². The summed E-state index contributed by atoms with van der Waals surface area (Å²) in [5.74, 6) is -1.21. The number of anilines is 1. The molecule has 1 aromatic heterocycles. The lowest BCUT2D eigenvalue weighted by Gasteiger charge is -2.05. The molecule has 0 aliphatic rings. The van der Waals surface area contributed by atoms with Gasteiger partial charge in [0.2, 0.25) is 5.13 Å². The molecule has 0 radical (unpaired) electrons. The summed E-state index contributed by atoms with van der Waals surface area (Å²) in [6.45, 7) is 3.96. The molecule has 0 aliphatic heterocycles. The molecule has 2 amide bonds. The average Bonchev–Trinajstić information content (AvgIpc) is 3.23. The number of carbonyl (C=O) groups excluding carboxylic acids is 2. The fourth-order valence-electron chi connectivity index (χ4n) is 2.20. The molecule has 0 unspecified atom stereocenters. The van der Waals surface area contributed by atoms with Crippen molar-refractivity contribution in [3.05, 3.63) is 71.2 Å². The van der Waals surface area contributed by atoms with E-state index in [1.807, 2.05) is 30.3 Å². The average molecular weight is 486 g/mol. The second kappa shape index (κ2) is 10.4. The van der Waals surface area contributed by atoms with Gasteiger partial charge in [0.15, 0.2) is 0 Å². The second-order valence-electron chi connectivity index (χ2n) is 5.71. The molecule has 0 bridgehead atoms. The van der Waals surface area contributed by atoms with Crippen LogP contribution in [0.1, 0.15) is 5.56 Å². The largest absolute Gasteiger partial charge is 0.490 e. The standard InChI is InChI=1S/C20H16BrN5O3S/c1-2-10-29-15-8-9-16(21)14(11-15)12-22-24-18(28)17(27)23-20-26-25-19(30-20)13-6-4-3-5-7-13/h2-9,11-12H,1,10H2,(H,24,28)(H,23,26,27)/b22-12-. The third-order valence-corrected chi connectivity index (χ3v) is 5.19. The monoisotopic (exact) mass is 485 g/mol. The van der Waals surface area contributed by atoms with Crippen molar-refractivity contribution in [2.75, 3.05) is 11.9 Å². The van der Waals surface area contributed by atoms with Gasteiger partial charge in [0.1, 0.15) is 17.4 Å². The van der Waals surface area contributed by atoms with Crippen LogP contribution in [-0.4, -0.2) is 34.8 Å². The van der Waals surface area contributed by atoms with Crippen molar-refractivity contribution in [2.45, 2.75) is 0 Å². The number of amides is 2. The molecule has 0 saturated carbocycles. The molecule has 0 aliphatic carbocycles. The number of nitrogens with one attached hydrogen (secondary N) is 2. The Labute approximate surface area is 184 Å². The van der Waals surface area contributed by atoms with E-state index in [2.05, 4.69) is 48.6 Å².